The molecule has 6 heteroatoms. The molecule has 1 N–H and O–H groups in total. The third kappa shape index (κ3) is 3.37. The van der Waals surface area contributed by atoms with E-state index < -0.39 is 6.36 Å². The summed E-state index contributed by atoms with van der Waals surface area (Å²) in [6.07, 6.45) is -4.34. The first-order valence-electron chi connectivity index (χ1n) is 5.15. The molecule has 0 aromatic heterocycles. The molecule has 0 unspecified atom stereocenters. The minimum Gasteiger partial charge on any atom is -0.405 e. The number of ether oxygens (including phenoxy) is 1. The van der Waals surface area contributed by atoms with E-state index in [2.05, 4.69) is 15.0 Å². The fourth-order valence-corrected chi connectivity index (χ4v) is 1.62. The number of nitrogens with one attached hydrogen (secondary N) is 1. The molecule has 92 valence electrons. The SMILES string of the molecule is FC(F)(F)Oc1ccccc1CC1=NCCN1. The second-order valence-corrected chi connectivity index (χ2v) is 3.59. The molecular formula is C11H11F3N2O. The van der Waals surface area contributed by atoms with Gasteiger partial charge in [-0.25, -0.2) is 0 Å². The molecule has 3 nitrogen and oxygen atoms in total. The minimum atomic E-state index is -4.67. The van der Waals surface area contributed by atoms with Gasteiger partial charge in [0.05, 0.1) is 6.54 Å². The molecule has 0 amide bonds. The predicted octanol–water partition coefficient (Wildman–Crippen LogP) is 2.13. The number of rotatable bonds is 3. The number of aliphatic imine (C=N–C) groups is 1. The van der Waals surface area contributed by atoms with Crippen LogP contribution < -0.4 is 10.1 Å². The molecular weight excluding hydrogens is 233 g/mol. The first-order valence-corrected chi connectivity index (χ1v) is 5.15. The van der Waals surface area contributed by atoms with Gasteiger partial charge in [-0.05, 0) is 6.07 Å². The number of para-hydroxylation sites is 1. The van der Waals surface area contributed by atoms with Gasteiger partial charge >= 0.3 is 6.36 Å². The smallest absolute Gasteiger partial charge is 0.405 e. The van der Waals surface area contributed by atoms with Crippen LogP contribution in [0.4, 0.5) is 13.2 Å². The zero-order valence-electron chi connectivity index (χ0n) is 8.92. The lowest BCUT2D eigenvalue weighted by molar-refractivity contribution is -0.274. The third-order valence-electron chi connectivity index (χ3n) is 2.30. The van der Waals surface area contributed by atoms with Gasteiger partial charge in [-0.1, -0.05) is 18.2 Å². The molecule has 0 radical (unpaired) electrons. The fraction of sp³-hybridized carbons (Fsp3) is 0.364. The summed E-state index contributed by atoms with van der Waals surface area (Å²) < 4.78 is 40.5. The van der Waals surface area contributed by atoms with Crippen LogP contribution in [0.25, 0.3) is 0 Å². The van der Waals surface area contributed by atoms with Gasteiger partial charge in [0.1, 0.15) is 11.6 Å². The van der Waals surface area contributed by atoms with Gasteiger partial charge in [-0.15, -0.1) is 13.2 Å². The highest BCUT2D eigenvalue weighted by molar-refractivity contribution is 5.86. The Kier molecular flexibility index (Phi) is 3.21. The molecule has 1 aromatic carbocycles. The normalized spacial score (nSPS) is 15.4. The molecule has 0 fully saturated rings. The lowest BCUT2D eigenvalue weighted by Crippen LogP contribution is -2.22. The Morgan fingerprint density at radius 2 is 2.06 bits per heavy atom. The second kappa shape index (κ2) is 4.65. The Morgan fingerprint density at radius 1 is 1.29 bits per heavy atom. The van der Waals surface area contributed by atoms with Crippen molar-refractivity contribution in [3.05, 3.63) is 29.8 Å². The standard InChI is InChI=1S/C11H11F3N2O/c12-11(13,14)17-9-4-2-1-3-8(9)7-10-15-5-6-16-10/h1-4H,5-7H2,(H,15,16). The Hall–Kier alpha value is -1.72. The Bertz CT molecular complexity index is 429. The van der Waals surface area contributed by atoms with Crippen LogP contribution in [0.2, 0.25) is 0 Å². The van der Waals surface area contributed by atoms with Crippen LogP contribution >= 0.6 is 0 Å². The molecule has 0 bridgehead atoms. The lowest BCUT2D eigenvalue weighted by atomic mass is 10.1. The summed E-state index contributed by atoms with van der Waals surface area (Å²) in [7, 11) is 0. The number of amidine groups is 1. The van der Waals surface area contributed by atoms with Crippen LogP contribution in [0, 0.1) is 0 Å². The molecule has 0 saturated carbocycles. The van der Waals surface area contributed by atoms with E-state index in [-0.39, 0.29) is 5.75 Å². The van der Waals surface area contributed by atoms with Crippen LogP contribution in [-0.2, 0) is 6.42 Å². The molecule has 1 heterocycles. The van der Waals surface area contributed by atoms with E-state index in [1.165, 1.54) is 12.1 Å². The monoisotopic (exact) mass is 244 g/mol. The summed E-state index contributed by atoms with van der Waals surface area (Å²) in [4.78, 5) is 4.14. The van der Waals surface area contributed by atoms with Gasteiger partial charge in [0, 0.05) is 18.5 Å². The van der Waals surface area contributed by atoms with Crippen molar-refractivity contribution in [3.8, 4) is 5.75 Å². The van der Waals surface area contributed by atoms with E-state index in [0.29, 0.717) is 24.4 Å². The molecule has 0 spiro atoms. The molecule has 17 heavy (non-hydrogen) atoms. The first-order chi connectivity index (χ1) is 8.04. The Morgan fingerprint density at radius 3 is 2.71 bits per heavy atom. The van der Waals surface area contributed by atoms with Gasteiger partial charge in [0.25, 0.3) is 0 Å². The summed E-state index contributed by atoms with van der Waals surface area (Å²) >= 11 is 0. The highest BCUT2D eigenvalue weighted by Gasteiger charge is 2.32. The van der Waals surface area contributed by atoms with Crippen LogP contribution in [0.15, 0.2) is 29.3 Å². The molecule has 2 rings (SSSR count). The topological polar surface area (TPSA) is 33.6 Å². The highest BCUT2D eigenvalue weighted by Crippen LogP contribution is 2.26. The maximum atomic E-state index is 12.2. The number of hydrogen-bond donors (Lipinski definition) is 1. The van der Waals surface area contributed by atoms with Crippen molar-refractivity contribution in [2.75, 3.05) is 13.1 Å². The van der Waals surface area contributed by atoms with Crippen molar-refractivity contribution in [2.24, 2.45) is 4.99 Å². The van der Waals surface area contributed by atoms with Gasteiger partial charge in [0.15, 0.2) is 0 Å². The van der Waals surface area contributed by atoms with Crippen LogP contribution in [0.5, 0.6) is 5.75 Å². The zero-order valence-corrected chi connectivity index (χ0v) is 8.92. The average Bonchev–Trinajstić information content (AvgIpc) is 2.71. The largest absolute Gasteiger partial charge is 0.573 e. The van der Waals surface area contributed by atoms with E-state index in [4.69, 9.17) is 0 Å². The van der Waals surface area contributed by atoms with Crippen molar-refractivity contribution in [1.82, 2.24) is 5.32 Å². The molecule has 1 aliphatic heterocycles. The molecule has 0 saturated heterocycles. The summed E-state index contributed by atoms with van der Waals surface area (Å²) in [5.41, 5.74) is 0.470. The van der Waals surface area contributed by atoms with E-state index in [9.17, 15) is 13.2 Å². The van der Waals surface area contributed by atoms with Gasteiger partial charge in [-0.2, -0.15) is 0 Å². The van der Waals surface area contributed by atoms with Gasteiger partial charge in [0.2, 0.25) is 0 Å². The maximum Gasteiger partial charge on any atom is 0.573 e. The number of nitrogens with zero attached hydrogens (tertiary/aromatic N) is 1. The van der Waals surface area contributed by atoms with Gasteiger partial charge in [-0.3, -0.25) is 4.99 Å². The quantitative estimate of drug-likeness (QED) is 0.883. The number of hydrogen-bond acceptors (Lipinski definition) is 3. The summed E-state index contributed by atoms with van der Waals surface area (Å²) in [6.45, 7) is 1.40. The molecule has 1 aliphatic rings. The lowest BCUT2D eigenvalue weighted by Gasteiger charge is -2.13. The summed E-state index contributed by atoms with van der Waals surface area (Å²) in [5.74, 6) is 0.527. The molecule has 0 atom stereocenters. The van der Waals surface area contributed by atoms with Crippen molar-refractivity contribution >= 4 is 5.84 Å². The zero-order chi connectivity index (χ0) is 12.3. The third-order valence-corrected chi connectivity index (χ3v) is 2.30. The molecule has 1 aromatic rings. The summed E-state index contributed by atoms with van der Waals surface area (Å²) in [6, 6.07) is 6.09. The van der Waals surface area contributed by atoms with Crippen LogP contribution in [0.1, 0.15) is 5.56 Å². The van der Waals surface area contributed by atoms with Crippen LogP contribution in [-0.4, -0.2) is 25.3 Å². The highest BCUT2D eigenvalue weighted by atomic mass is 19.4. The number of alkyl halides is 3. The first kappa shape index (κ1) is 11.8. The number of halogens is 3. The Labute approximate surface area is 96.3 Å². The molecule has 0 aliphatic carbocycles. The van der Waals surface area contributed by atoms with Gasteiger partial charge < -0.3 is 10.1 Å². The van der Waals surface area contributed by atoms with E-state index in [0.717, 1.165) is 6.54 Å². The minimum absolute atomic E-state index is 0.170. The maximum absolute atomic E-state index is 12.2. The van der Waals surface area contributed by atoms with Crippen molar-refractivity contribution < 1.29 is 17.9 Å². The van der Waals surface area contributed by atoms with E-state index >= 15 is 0 Å². The summed E-state index contributed by atoms with van der Waals surface area (Å²) in [5, 5.41) is 3.01. The second-order valence-electron chi connectivity index (χ2n) is 3.59. The van der Waals surface area contributed by atoms with Crippen molar-refractivity contribution in [1.29, 1.82) is 0 Å². The predicted molar refractivity (Wildman–Crippen MR) is 57.1 cm³/mol. The van der Waals surface area contributed by atoms with Crippen molar-refractivity contribution in [2.45, 2.75) is 12.8 Å². The Balaban J connectivity index is 2.15. The average molecular weight is 244 g/mol. The van der Waals surface area contributed by atoms with Crippen LogP contribution in [0.3, 0.4) is 0 Å². The van der Waals surface area contributed by atoms with E-state index in [1.54, 1.807) is 12.1 Å². The van der Waals surface area contributed by atoms with Crippen molar-refractivity contribution in [3.63, 3.8) is 0 Å². The number of benzene rings is 1. The van der Waals surface area contributed by atoms with E-state index in [1.807, 2.05) is 0 Å². The fourth-order valence-electron chi connectivity index (χ4n) is 1.62.